The molecule has 0 unspecified atom stereocenters. The summed E-state index contributed by atoms with van der Waals surface area (Å²) in [6, 6.07) is 45.0. The molecule has 2 aromatic heterocycles. The second-order valence-corrected chi connectivity index (χ2v) is 13.4. The molecule has 7 aromatic rings. The Balaban J connectivity index is 1.16. The SMILES string of the molecule is CC1(C)OB(c2cc(-c3ccc(-c4cnc5ccccc5c4)cc3)cc(-c3ccc(-c4cnc5ccccc5c4)cc3)c2)OC1(C)C. The second kappa shape index (κ2) is 11.3. The van der Waals surface area contributed by atoms with E-state index in [9.17, 15) is 0 Å². The Morgan fingerprint density at radius 1 is 0.426 bits per heavy atom. The maximum Gasteiger partial charge on any atom is 0.494 e. The first-order chi connectivity index (χ1) is 22.7. The number of nitrogens with zero attached hydrogens (tertiary/aromatic N) is 2. The van der Waals surface area contributed by atoms with Crippen LogP contribution >= 0.6 is 0 Å². The van der Waals surface area contributed by atoms with Crippen LogP contribution in [0.25, 0.3) is 66.3 Å². The van der Waals surface area contributed by atoms with E-state index in [-0.39, 0.29) is 0 Å². The van der Waals surface area contributed by atoms with E-state index in [2.05, 4.69) is 141 Å². The summed E-state index contributed by atoms with van der Waals surface area (Å²) in [6.07, 6.45) is 3.90. The van der Waals surface area contributed by atoms with Crippen molar-refractivity contribution >= 4 is 34.4 Å². The van der Waals surface area contributed by atoms with E-state index in [1.54, 1.807) is 0 Å². The summed E-state index contributed by atoms with van der Waals surface area (Å²) < 4.78 is 13.0. The minimum Gasteiger partial charge on any atom is -0.399 e. The van der Waals surface area contributed by atoms with Crippen molar-refractivity contribution in [3.05, 3.63) is 140 Å². The number of aromatic nitrogens is 2. The zero-order chi connectivity index (χ0) is 32.2. The zero-order valence-corrected chi connectivity index (χ0v) is 27.1. The van der Waals surface area contributed by atoms with Crippen LogP contribution in [0.3, 0.4) is 0 Å². The molecule has 228 valence electrons. The summed E-state index contributed by atoms with van der Waals surface area (Å²) in [5.41, 5.74) is 11.1. The van der Waals surface area contributed by atoms with E-state index in [0.717, 1.165) is 71.8 Å². The fourth-order valence-corrected chi connectivity index (χ4v) is 6.27. The molecular weight excluding hydrogens is 575 g/mol. The van der Waals surface area contributed by atoms with Crippen LogP contribution < -0.4 is 5.46 Å². The summed E-state index contributed by atoms with van der Waals surface area (Å²) >= 11 is 0. The molecule has 0 atom stereocenters. The Hall–Kier alpha value is -5.10. The number of para-hydroxylation sites is 2. The molecule has 3 heterocycles. The van der Waals surface area contributed by atoms with Crippen molar-refractivity contribution in [1.82, 2.24) is 9.97 Å². The number of hydrogen-bond donors (Lipinski definition) is 0. The summed E-state index contributed by atoms with van der Waals surface area (Å²) in [4.78, 5) is 9.34. The number of pyridine rings is 2. The van der Waals surface area contributed by atoms with Gasteiger partial charge in [-0.15, -0.1) is 0 Å². The number of fused-ring (bicyclic) bond motifs is 2. The number of rotatable bonds is 5. The van der Waals surface area contributed by atoms with Crippen molar-refractivity contribution in [2.75, 3.05) is 0 Å². The smallest absolute Gasteiger partial charge is 0.399 e. The molecule has 5 aromatic carbocycles. The Morgan fingerprint density at radius 3 is 1.23 bits per heavy atom. The lowest BCUT2D eigenvalue weighted by molar-refractivity contribution is 0.00578. The first kappa shape index (κ1) is 29.3. The third kappa shape index (κ3) is 5.52. The lowest BCUT2D eigenvalue weighted by Crippen LogP contribution is -2.41. The highest BCUT2D eigenvalue weighted by Crippen LogP contribution is 2.38. The van der Waals surface area contributed by atoms with Gasteiger partial charge >= 0.3 is 7.12 Å². The molecule has 0 radical (unpaired) electrons. The van der Waals surface area contributed by atoms with Crippen LogP contribution in [0.2, 0.25) is 0 Å². The van der Waals surface area contributed by atoms with Crippen LogP contribution in [0.4, 0.5) is 0 Å². The van der Waals surface area contributed by atoms with Gasteiger partial charge in [0.05, 0.1) is 22.2 Å². The fraction of sp³-hybridized carbons (Fsp3) is 0.143. The van der Waals surface area contributed by atoms with Gasteiger partial charge in [0.25, 0.3) is 0 Å². The summed E-state index contributed by atoms with van der Waals surface area (Å²) in [5.74, 6) is 0. The molecule has 47 heavy (non-hydrogen) atoms. The molecule has 8 rings (SSSR count). The van der Waals surface area contributed by atoms with Gasteiger partial charge in [0.15, 0.2) is 0 Å². The molecule has 4 nitrogen and oxygen atoms in total. The molecule has 0 N–H and O–H groups in total. The Morgan fingerprint density at radius 2 is 0.809 bits per heavy atom. The third-order valence-corrected chi connectivity index (χ3v) is 9.76. The standard InChI is InChI=1S/C42H35BN2O2/c1-41(2)42(3,4)47-43(46-41)38-24-34(28-13-17-30(18-14-28)36-21-32-9-5-7-11-39(32)44-26-36)23-35(25-38)29-15-19-31(20-16-29)37-22-33-10-6-8-12-40(33)45-27-37/h5-27H,1-4H3. The fourth-order valence-electron chi connectivity index (χ4n) is 6.27. The van der Waals surface area contributed by atoms with Gasteiger partial charge < -0.3 is 9.31 Å². The molecule has 0 aliphatic carbocycles. The first-order valence-electron chi connectivity index (χ1n) is 16.1. The van der Waals surface area contributed by atoms with E-state index in [1.165, 1.54) is 0 Å². The Kier molecular flexibility index (Phi) is 7.05. The van der Waals surface area contributed by atoms with Gasteiger partial charge in [-0.2, -0.15) is 0 Å². The largest absolute Gasteiger partial charge is 0.494 e. The highest BCUT2D eigenvalue weighted by Gasteiger charge is 2.51. The van der Waals surface area contributed by atoms with Crippen molar-refractivity contribution in [2.45, 2.75) is 38.9 Å². The third-order valence-electron chi connectivity index (χ3n) is 9.76. The Bertz CT molecular complexity index is 2100. The van der Waals surface area contributed by atoms with Gasteiger partial charge in [0, 0.05) is 34.3 Å². The van der Waals surface area contributed by atoms with Crippen LogP contribution in [0.15, 0.2) is 140 Å². The monoisotopic (exact) mass is 610 g/mol. The van der Waals surface area contributed by atoms with Gasteiger partial charge in [0.1, 0.15) is 0 Å². The van der Waals surface area contributed by atoms with Crippen molar-refractivity contribution < 1.29 is 9.31 Å². The van der Waals surface area contributed by atoms with E-state index in [4.69, 9.17) is 9.31 Å². The zero-order valence-electron chi connectivity index (χ0n) is 27.1. The van der Waals surface area contributed by atoms with E-state index < -0.39 is 18.3 Å². The maximum absolute atomic E-state index is 6.52. The molecule has 1 aliphatic heterocycles. The maximum atomic E-state index is 6.52. The quantitative estimate of drug-likeness (QED) is 0.182. The normalized spacial score (nSPS) is 15.4. The first-order valence-corrected chi connectivity index (χ1v) is 16.1. The summed E-state index contributed by atoms with van der Waals surface area (Å²) in [5, 5.41) is 2.27. The highest BCUT2D eigenvalue weighted by molar-refractivity contribution is 6.62. The van der Waals surface area contributed by atoms with Crippen LogP contribution in [0.1, 0.15) is 27.7 Å². The van der Waals surface area contributed by atoms with Crippen molar-refractivity contribution in [3.8, 4) is 44.5 Å². The Labute approximate surface area is 276 Å². The topological polar surface area (TPSA) is 44.2 Å². The minimum absolute atomic E-state index is 0.432. The molecule has 1 saturated heterocycles. The van der Waals surface area contributed by atoms with Crippen LogP contribution in [0, 0.1) is 0 Å². The minimum atomic E-state index is -0.468. The van der Waals surface area contributed by atoms with E-state index in [1.807, 2.05) is 36.7 Å². The van der Waals surface area contributed by atoms with Gasteiger partial charge in [-0.3, -0.25) is 9.97 Å². The van der Waals surface area contributed by atoms with Gasteiger partial charge in [0.2, 0.25) is 0 Å². The predicted molar refractivity (Wildman–Crippen MR) is 195 cm³/mol. The van der Waals surface area contributed by atoms with Crippen molar-refractivity contribution in [1.29, 1.82) is 0 Å². The average molecular weight is 611 g/mol. The van der Waals surface area contributed by atoms with Gasteiger partial charge in [-0.1, -0.05) is 97.1 Å². The molecule has 5 heteroatoms. The lowest BCUT2D eigenvalue weighted by Gasteiger charge is -2.32. The summed E-state index contributed by atoms with van der Waals surface area (Å²) in [7, 11) is -0.468. The lowest BCUT2D eigenvalue weighted by atomic mass is 9.76. The van der Waals surface area contributed by atoms with Crippen LogP contribution in [-0.4, -0.2) is 28.3 Å². The van der Waals surface area contributed by atoms with Crippen LogP contribution in [-0.2, 0) is 9.31 Å². The second-order valence-electron chi connectivity index (χ2n) is 13.4. The molecule has 1 fully saturated rings. The average Bonchev–Trinajstić information content (AvgIpc) is 3.33. The van der Waals surface area contributed by atoms with Crippen LogP contribution in [0.5, 0.6) is 0 Å². The van der Waals surface area contributed by atoms with Crippen molar-refractivity contribution in [3.63, 3.8) is 0 Å². The molecule has 0 amide bonds. The van der Waals surface area contributed by atoms with Crippen molar-refractivity contribution in [2.24, 2.45) is 0 Å². The predicted octanol–water partition coefficient (Wildman–Crippen LogP) is 9.75. The highest BCUT2D eigenvalue weighted by atomic mass is 16.7. The number of hydrogen-bond acceptors (Lipinski definition) is 4. The van der Waals surface area contributed by atoms with Gasteiger partial charge in [-0.05, 0) is 96.9 Å². The number of benzene rings is 5. The molecule has 1 aliphatic rings. The molecule has 0 saturated carbocycles. The molecule has 0 bridgehead atoms. The molecule has 0 spiro atoms. The van der Waals surface area contributed by atoms with E-state index in [0.29, 0.717) is 0 Å². The van der Waals surface area contributed by atoms with E-state index >= 15 is 0 Å². The molecular formula is C42H35BN2O2. The van der Waals surface area contributed by atoms with Gasteiger partial charge in [-0.25, -0.2) is 0 Å². The summed E-state index contributed by atoms with van der Waals surface area (Å²) in [6.45, 7) is 8.38.